The van der Waals surface area contributed by atoms with Crippen LogP contribution in [0.5, 0.6) is 0 Å². The molecule has 2 rings (SSSR count). The molecule has 0 aliphatic heterocycles. The highest BCUT2D eigenvalue weighted by Gasteiger charge is 1.89. The Balaban J connectivity index is 2.35. The van der Waals surface area contributed by atoms with Gasteiger partial charge in [0, 0.05) is 24.5 Å². The van der Waals surface area contributed by atoms with Crippen molar-refractivity contribution in [1.29, 1.82) is 0 Å². The van der Waals surface area contributed by atoms with Crippen LogP contribution in [-0.4, -0.2) is 17.0 Å². The molecule has 1 heterocycles. The molecule has 0 saturated carbocycles. The number of aromatic nitrogens is 2. The predicted molar refractivity (Wildman–Crippen MR) is 87.7 cm³/mol. The Labute approximate surface area is 125 Å². The second-order valence-corrected chi connectivity index (χ2v) is 4.73. The molecule has 3 heteroatoms. The largest absolute Gasteiger partial charge is 0.388 e. The zero-order chi connectivity index (χ0) is 15.1. The van der Waals surface area contributed by atoms with Crippen molar-refractivity contribution in [3.63, 3.8) is 0 Å². The second-order valence-electron chi connectivity index (χ2n) is 4.73. The molecule has 0 saturated heterocycles. The second kappa shape index (κ2) is 7.16. The van der Waals surface area contributed by atoms with Gasteiger partial charge in [0.25, 0.3) is 0 Å². The van der Waals surface area contributed by atoms with Gasteiger partial charge in [0.05, 0.1) is 5.69 Å². The van der Waals surface area contributed by atoms with Crippen LogP contribution in [0, 0.1) is 25.7 Å². The zero-order valence-electron chi connectivity index (χ0n) is 12.6. The number of hydrogen-bond acceptors (Lipinski definition) is 2. The summed E-state index contributed by atoms with van der Waals surface area (Å²) in [4.78, 5) is 7.53. The van der Waals surface area contributed by atoms with Crippen LogP contribution in [0.2, 0.25) is 0 Å². The molecule has 2 N–H and O–H groups in total. The van der Waals surface area contributed by atoms with Gasteiger partial charge in [0.15, 0.2) is 0 Å². The fourth-order valence-corrected chi connectivity index (χ4v) is 1.74. The minimum absolute atomic E-state index is 0.823. The van der Waals surface area contributed by atoms with Gasteiger partial charge >= 0.3 is 0 Å². The Hall–Kier alpha value is -2.73. The number of benzene rings is 1. The van der Waals surface area contributed by atoms with E-state index in [9.17, 15) is 0 Å². The van der Waals surface area contributed by atoms with Crippen LogP contribution in [0.25, 0.3) is 0 Å². The summed E-state index contributed by atoms with van der Waals surface area (Å²) in [5, 5.41) is 3.09. The van der Waals surface area contributed by atoms with Crippen LogP contribution < -0.4 is 5.32 Å². The van der Waals surface area contributed by atoms with Crippen molar-refractivity contribution in [3.8, 4) is 11.8 Å². The molecule has 0 aliphatic carbocycles. The molecule has 106 valence electrons. The summed E-state index contributed by atoms with van der Waals surface area (Å²) < 4.78 is 0. The first kappa shape index (κ1) is 14.7. The molecule has 0 unspecified atom stereocenters. The average molecular weight is 277 g/mol. The van der Waals surface area contributed by atoms with Crippen LogP contribution in [0.15, 0.2) is 48.7 Å². The van der Waals surface area contributed by atoms with E-state index in [4.69, 9.17) is 0 Å². The van der Waals surface area contributed by atoms with Crippen molar-refractivity contribution >= 4 is 5.69 Å². The summed E-state index contributed by atoms with van der Waals surface area (Å²) in [6.07, 6.45) is 1.83. The highest BCUT2D eigenvalue weighted by molar-refractivity contribution is 5.49. The number of aryl methyl sites for hydroxylation is 2. The van der Waals surface area contributed by atoms with E-state index >= 15 is 0 Å². The Morgan fingerprint density at radius 3 is 2.48 bits per heavy atom. The summed E-state index contributed by atoms with van der Waals surface area (Å²) in [5.41, 5.74) is 3.98. The summed E-state index contributed by atoms with van der Waals surface area (Å²) in [6.45, 7) is 3.94. The van der Waals surface area contributed by atoms with Crippen LogP contribution in [0.1, 0.15) is 22.6 Å². The fraction of sp³-hybridized carbons (Fsp3) is 0.167. The molecule has 0 spiro atoms. The number of nitrogens with zero attached hydrogens (tertiary/aromatic N) is 1. The molecule has 0 fully saturated rings. The molecule has 2 aromatic rings. The molecule has 1 aromatic heterocycles. The molecule has 0 atom stereocenters. The van der Waals surface area contributed by atoms with Crippen LogP contribution in [0.4, 0.5) is 5.69 Å². The number of anilines is 1. The Morgan fingerprint density at radius 2 is 1.76 bits per heavy atom. The summed E-state index contributed by atoms with van der Waals surface area (Å²) >= 11 is 0. The van der Waals surface area contributed by atoms with Crippen molar-refractivity contribution in [2.75, 3.05) is 12.4 Å². The molecular weight excluding hydrogens is 258 g/mol. The van der Waals surface area contributed by atoms with Gasteiger partial charge in [-0.1, -0.05) is 18.1 Å². The maximum atomic E-state index is 4.33. The maximum Gasteiger partial charge on any atom is 0.103 e. The molecule has 21 heavy (non-hydrogen) atoms. The van der Waals surface area contributed by atoms with Gasteiger partial charge < -0.3 is 10.3 Å². The topological polar surface area (TPSA) is 40.7 Å². The number of rotatable bonds is 1. The number of aromatic amines is 1. The van der Waals surface area contributed by atoms with Crippen LogP contribution in [-0.2, 0) is 0 Å². The molecule has 1 aromatic carbocycles. The first-order valence-electron chi connectivity index (χ1n) is 6.84. The number of nitrogens with one attached hydrogen (secondary N) is 2. The van der Waals surface area contributed by atoms with Crippen molar-refractivity contribution in [3.05, 3.63) is 71.3 Å². The van der Waals surface area contributed by atoms with E-state index in [-0.39, 0.29) is 0 Å². The van der Waals surface area contributed by atoms with E-state index < -0.39 is 0 Å². The lowest BCUT2D eigenvalue weighted by molar-refractivity contribution is 1.06. The minimum atomic E-state index is 0.823. The molecule has 0 aliphatic rings. The van der Waals surface area contributed by atoms with E-state index in [0.717, 1.165) is 28.3 Å². The predicted octanol–water partition coefficient (Wildman–Crippen LogP) is 3.59. The molecular formula is C18H19N3. The third-order valence-corrected chi connectivity index (χ3v) is 2.91. The quantitative estimate of drug-likeness (QED) is 0.782. The van der Waals surface area contributed by atoms with Crippen molar-refractivity contribution < 1.29 is 0 Å². The summed E-state index contributed by atoms with van der Waals surface area (Å²) in [7, 11) is 1.90. The van der Waals surface area contributed by atoms with Gasteiger partial charge in [-0.3, -0.25) is 0 Å². The first-order valence-corrected chi connectivity index (χ1v) is 6.84. The molecule has 3 nitrogen and oxygen atoms in total. The lowest BCUT2D eigenvalue weighted by Gasteiger charge is -1.97. The Morgan fingerprint density at radius 1 is 1.00 bits per heavy atom. The lowest BCUT2D eigenvalue weighted by Crippen LogP contribution is -1.87. The van der Waals surface area contributed by atoms with Crippen molar-refractivity contribution in [1.82, 2.24) is 9.97 Å². The van der Waals surface area contributed by atoms with Gasteiger partial charge in [-0.15, -0.1) is 0 Å². The summed E-state index contributed by atoms with van der Waals surface area (Å²) in [6, 6.07) is 13.9. The van der Waals surface area contributed by atoms with E-state index in [2.05, 4.69) is 27.1 Å². The van der Waals surface area contributed by atoms with Gasteiger partial charge in [0.2, 0.25) is 0 Å². The van der Waals surface area contributed by atoms with E-state index in [1.165, 1.54) is 0 Å². The fourth-order valence-electron chi connectivity index (χ4n) is 1.74. The number of H-pyrrole nitrogens is 1. The van der Waals surface area contributed by atoms with E-state index in [0.29, 0.717) is 0 Å². The average Bonchev–Trinajstić information content (AvgIpc) is 2.57. The molecule has 0 amide bonds. The van der Waals surface area contributed by atoms with Crippen molar-refractivity contribution in [2.45, 2.75) is 13.8 Å². The van der Waals surface area contributed by atoms with E-state index in [1.807, 2.05) is 69.6 Å². The smallest absolute Gasteiger partial charge is 0.103 e. The highest BCUT2D eigenvalue weighted by Crippen LogP contribution is 2.07. The standard InChI is InChI=1S/C18H19N3/c1-14-5-4-6-18(21-15(2)20-13-14)12-9-16-7-10-17(19-3)11-8-16/h4-8,10-11,13,19H,1-3H3,(H,20,21). The third-order valence-electron chi connectivity index (χ3n) is 2.91. The Kier molecular flexibility index (Phi) is 5.00. The number of hydrogen-bond donors (Lipinski definition) is 2. The lowest BCUT2D eigenvalue weighted by atomic mass is 10.2. The van der Waals surface area contributed by atoms with Crippen LogP contribution >= 0.6 is 0 Å². The Bertz CT molecular complexity index is 714. The van der Waals surface area contributed by atoms with E-state index in [1.54, 1.807) is 0 Å². The van der Waals surface area contributed by atoms with Gasteiger partial charge in [0.1, 0.15) is 5.82 Å². The first-order chi connectivity index (χ1) is 10.2. The molecule has 0 radical (unpaired) electrons. The van der Waals surface area contributed by atoms with Crippen LogP contribution in [0.3, 0.4) is 0 Å². The maximum absolute atomic E-state index is 4.33. The van der Waals surface area contributed by atoms with Gasteiger partial charge in [-0.25, -0.2) is 4.98 Å². The third kappa shape index (κ3) is 4.70. The zero-order valence-corrected chi connectivity index (χ0v) is 12.6. The highest BCUT2D eigenvalue weighted by atomic mass is 14.8. The van der Waals surface area contributed by atoms with Crippen molar-refractivity contribution in [2.24, 2.45) is 0 Å². The monoisotopic (exact) mass is 277 g/mol. The molecule has 0 bridgehead atoms. The minimum Gasteiger partial charge on any atom is -0.388 e. The normalized spacial score (nSPS) is 9.29. The SMILES string of the molecule is CNc1ccc(C#Cc2cccc(C)cnc(C)[nH]2)cc1. The summed E-state index contributed by atoms with van der Waals surface area (Å²) in [5.74, 6) is 7.12. The van der Waals surface area contributed by atoms with Gasteiger partial charge in [-0.2, -0.15) is 0 Å². The van der Waals surface area contributed by atoms with Gasteiger partial charge in [-0.05, 0) is 55.7 Å².